The van der Waals surface area contributed by atoms with Crippen molar-refractivity contribution < 1.29 is 9.66 Å². The molecule has 0 unspecified atom stereocenters. The SMILES string of the molecule is CCn1c(-c2ccc([N+](=O)[O-])cc2OC)n[nH]c1=S. The summed E-state index contributed by atoms with van der Waals surface area (Å²) in [5, 5.41) is 17.6. The van der Waals surface area contributed by atoms with Gasteiger partial charge in [-0.1, -0.05) is 0 Å². The molecular weight excluding hydrogens is 268 g/mol. The highest BCUT2D eigenvalue weighted by Crippen LogP contribution is 2.32. The molecule has 0 spiro atoms. The van der Waals surface area contributed by atoms with E-state index in [9.17, 15) is 10.1 Å². The van der Waals surface area contributed by atoms with Gasteiger partial charge in [0.05, 0.1) is 23.7 Å². The summed E-state index contributed by atoms with van der Waals surface area (Å²) in [5.74, 6) is 0.983. The molecule has 0 fully saturated rings. The lowest BCUT2D eigenvalue weighted by Gasteiger charge is -2.08. The molecule has 7 nitrogen and oxygen atoms in total. The van der Waals surface area contributed by atoms with Crippen molar-refractivity contribution in [2.75, 3.05) is 7.11 Å². The largest absolute Gasteiger partial charge is 0.496 e. The second kappa shape index (κ2) is 5.19. The fraction of sp³-hybridized carbons (Fsp3) is 0.273. The van der Waals surface area contributed by atoms with Crippen LogP contribution in [0.25, 0.3) is 11.4 Å². The highest BCUT2D eigenvalue weighted by atomic mass is 32.1. The van der Waals surface area contributed by atoms with Crippen molar-refractivity contribution in [1.29, 1.82) is 0 Å². The Balaban J connectivity index is 2.62. The molecule has 0 saturated heterocycles. The topological polar surface area (TPSA) is 86.0 Å². The molecule has 0 aliphatic heterocycles. The molecule has 0 aliphatic carbocycles. The van der Waals surface area contributed by atoms with E-state index >= 15 is 0 Å². The van der Waals surface area contributed by atoms with Gasteiger partial charge in [-0.25, -0.2) is 0 Å². The van der Waals surface area contributed by atoms with Crippen LogP contribution in [0.5, 0.6) is 5.75 Å². The number of nitro benzene ring substituents is 1. The van der Waals surface area contributed by atoms with Crippen LogP contribution in [0.3, 0.4) is 0 Å². The second-order valence-corrected chi connectivity index (χ2v) is 4.13. The summed E-state index contributed by atoms with van der Waals surface area (Å²) < 4.78 is 7.48. The Kier molecular flexibility index (Phi) is 3.61. The van der Waals surface area contributed by atoms with E-state index in [0.717, 1.165) is 0 Å². The predicted octanol–water partition coefficient (Wildman–Crippen LogP) is 2.54. The van der Waals surface area contributed by atoms with Gasteiger partial charge in [-0.3, -0.25) is 15.2 Å². The quantitative estimate of drug-likeness (QED) is 0.528. The molecule has 0 bridgehead atoms. The highest BCUT2D eigenvalue weighted by Gasteiger charge is 2.16. The first-order valence-electron chi connectivity index (χ1n) is 5.56. The van der Waals surface area contributed by atoms with E-state index in [1.54, 1.807) is 10.6 Å². The van der Waals surface area contributed by atoms with Gasteiger partial charge in [0, 0.05) is 12.6 Å². The Bertz CT molecular complexity index is 677. The molecule has 0 amide bonds. The van der Waals surface area contributed by atoms with Gasteiger partial charge in [-0.05, 0) is 25.2 Å². The third kappa shape index (κ3) is 2.34. The van der Waals surface area contributed by atoms with E-state index in [1.807, 2.05) is 6.92 Å². The van der Waals surface area contributed by atoms with Gasteiger partial charge in [0.25, 0.3) is 5.69 Å². The number of H-pyrrole nitrogens is 1. The monoisotopic (exact) mass is 280 g/mol. The van der Waals surface area contributed by atoms with Crippen LogP contribution in [0.15, 0.2) is 18.2 Å². The third-order valence-corrected chi connectivity index (χ3v) is 3.02. The van der Waals surface area contributed by atoms with E-state index in [-0.39, 0.29) is 5.69 Å². The highest BCUT2D eigenvalue weighted by molar-refractivity contribution is 7.71. The molecule has 2 rings (SSSR count). The van der Waals surface area contributed by atoms with Crippen molar-refractivity contribution in [2.45, 2.75) is 13.5 Å². The smallest absolute Gasteiger partial charge is 0.273 e. The fourth-order valence-corrected chi connectivity index (χ4v) is 2.06. The fourth-order valence-electron chi connectivity index (χ4n) is 1.79. The number of non-ortho nitro benzene ring substituents is 1. The number of hydrogen-bond acceptors (Lipinski definition) is 5. The van der Waals surface area contributed by atoms with Gasteiger partial charge in [-0.2, -0.15) is 5.10 Å². The van der Waals surface area contributed by atoms with Crippen LogP contribution in [0.4, 0.5) is 5.69 Å². The summed E-state index contributed by atoms with van der Waals surface area (Å²) in [6, 6.07) is 4.39. The summed E-state index contributed by atoms with van der Waals surface area (Å²) in [7, 11) is 1.46. The van der Waals surface area contributed by atoms with Gasteiger partial charge in [-0.15, -0.1) is 0 Å². The molecule has 0 aliphatic rings. The third-order valence-electron chi connectivity index (χ3n) is 2.71. The summed E-state index contributed by atoms with van der Waals surface area (Å²) in [4.78, 5) is 10.3. The maximum Gasteiger partial charge on any atom is 0.273 e. The Hall–Kier alpha value is -2.22. The van der Waals surface area contributed by atoms with E-state index in [0.29, 0.717) is 28.5 Å². The van der Waals surface area contributed by atoms with Crippen LogP contribution in [0.1, 0.15) is 6.92 Å². The zero-order chi connectivity index (χ0) is 14.0. The lowest BCUT2D eigenvalue weighted by atomic mass is 10.1. The Morgan fingerprint density at radius 1 is 1.58 bits per heavy atom. The lowest BCUT2D eigenvalue weighted by Crippen LogP contribution is -2.00. The number of rotatable bonds is 4. The Morgan fingerprint density at radius 3 is 2.89 bits per heavy atom. The number of benzene rings is 1. The van der Waals surface area contributed by atoms with Crippen molar-refractivity contribution >= 4 is 17.9 Å². The average molecular weight is 280 g/mol. The van der Waals surface area contributed by atoms with Crippen molar-refractivity contribution in [1.82, 2.24) is 14.8 Å². The van der Waals surface area contributed by atoms with E-state index < -0.39 is 4.92 Å². The lowest BCUT2D eigenvalue weighted by molar-refractivity contribution is -0.384. The minimum absolute atomic E-state index is 0.0298. The first-order chi connectivity index (χ1) is 9.08. The minimum Gasteiger partial charge on any atom is -0.496 e. The maximum atomic E-state index is 10.8. The normalized spacial score (nSPS) is 10.4. The summed E-state index contributed by atoms with van der Waals surface area (Å²) >= 11 is 5.11. The number of nitrogens with one attached hydrogen (secondary N) is 1. The van der Waals surface area contributed by atoms with E-state index in [1.165, 1.54) is 19.2 Å². The molecule has 0 saturated carbocycles. The molecule has 1 aromatic carbocycles. The minimum atomic E-state index is -0.469. The number of nitrogens with zero attached hydrogens (tertiary/aromatic N) is 3. The summed E-state index contributed by atoms with van der Waals surface area (Å²) in [6.07, 6.45) is 0. The van der Waals surface area contributed by atoms with Crippen LogP contribution in [-0.4, -0.2) is 26.8 Å². The van der Waals surface area contributed by atoms with Gasteiger partial charge >= 0.3 is 0 Å². The first kappa shape index (κ1) is 13.2. The summed E-state index contributed by atoms with van der Waals surface area (Å²) in [6.45, 7) is 2.58. The van der Waals surface area contributed by atoms with Crippen LogP contribution in [0, 0.1) is 14.9 Å². The molecular formula is C11H12N4O3S. The van der Waals surface area contributed by atoms with E-state index in [2.05, 4.69) is 10.2 Å². The van der Waals surface area contributed by atoms with Crippen LogP contribution < -0.4 is 4.74 Å². The summed E-state index contributed by atoms with van der Waals surface area (Å²) in [5.41, 5.74) is 0.625. The number of aromatic nitrogens is 3. The molecule has 19 heavy (non-hydrogen) atoms. The van der Waals surface area contributed by atoms with Crippen molar-refractivity contribution in [2.24, 2.45) is 0 Å². The predicted molar refractivity (Wildman–Crippen MR) is 71.7 cm³/mol. The van der Waals surface area contributed by atoms with Crippen molar-refractivity contribution in [3.05, 3.63) is 33.1 Å². The van der Waals surface area contributed by atoms with Crippen molar-refractivity contribution in [3.63, 3.8) is 0 Å². The molecule has 8 heteroatoms. The maximum absolute atomic E-state index is 10.8. The average Bonchev–Trinajstić information content (AvgIpc) is 2.78. The zero-order valence-corrected chi connectivity index (χ0v) is 11.2. The Morgan fingerprint density at radius 2 is 2.32 bits per heavy atom. The number of ether oxygens (including phenoxy) is 1. The Labute approximate surface area is 114 Å². The zero-order valence-electron chi connectivity index (χ0n) is 10.4. The van der Waals surface area contributed by atoms with Gasteiger partial charge in [0.1, 0.15) is 5.75 Å². The molecule has 100 valence electrons. The second-order valence-electron chi connectivity index (χ2n) is 3.74. The number of nitro groups is 1. The van der Waals surface area contributed by atoms with Gasteiger partial charge in [0.15, 0.2) is 10.6 Å². The molecule has 0 atom stereocenters. The van der Waals surface area contributed by atoms with Crippen LogP contribution >= 0.6 is 12.2 Å². The van der Waals surface area contributed by atoms with Gasteiger partial charge < -0.3 is 9.30 Å². The molecule has 1 heterocycles. The van der Waals surface area contributed by atoms with E-state index in [4.69, 9.17) is 17.0 Å². The molecule has 0 radical (unpaired) electrons. The van der Waals surface area contributed by atoms with Crippen LogP contribution in [0.2, 0.25) is 0 Å². The number of hydrogen-bond donors (Lipinski definition) is 1. The van der Waals surface area contributed by atoms with Crippen LogP contribution in [-0.2, 0) is 6.54 Å². The van der Waals surface area contributed by atoms with Gasteiger partial charge in [0.2, 0.25) is 0 Å². The molecule has 2 aromatic rings. The van der Waals surface area contributed by atoms with Crippen molar-refractivity contribution in [3.8, 4) is 17.1 Å². The number of aromatic amines is 1. The molecule has 1 aromatic heterocycles. The number of methoxy groups -OCH3 is 1. The standard InChI is InChI=1S/C11H12N4O3S/c1-3-14-10(12-13-11(14)19)8-5-4-7(15(16)17)6-9(8)18-2/h4-6H,3H2,1-2H3,(H,13,19). The first-order valence-corrected chi connectivity index (χ1v) is 5.97. The molecule has 1 N–H and O–H groups in total.